The van der Waals surface area contributed by atoms with Gasteiger partial charge in [0.25, 0.3) is 0 Å². The van der Waals surface area contributed by atoms with Gasteiger partial charge in [0.15, 0.2) is 0 Å². The van der Waals surface area contributed by atoms with Gasteiger partial charge in [-0.25, -0.2) is 0 Å². The summed E-state index contributed by atoms with van der Waals surface area (Å²) in [4.78, 5) is 12.5. The zero-order valence-corrected chi connectivity index (χ0v) is 12.2. The first-order valence-electron chi connectivity index (χ1n) is 7.84. The summed E-state index contributed by atoms with van der Waals surface area (Å²) in [6.07, 6.45) is 5.17. The van der Waals surface area contributed by atoms with E-state index in [1.54, 1.807) is 0 Å². The van der Waals surface area contributed by atoms with Gasteiger partial charge < -0.3 is 10.6 Å². The molecule has 1 aromatic carbocycles. The summed E-state index contributed by atoms with van der Waals surface area (Å²) in [7, 11) is 0. The predicted molar refractivity (Wildman–Crippen MR) is 80.6 cm³/mol. The van der Waals surface area contributed by atoms with Crippen molar-refractivity contribution in [3.63, 3.8) is 0 Å². The number of benzene rings is 1. The molecule has 1 amide bonds. The molecule has 3 rings (SSSR count). The third kappa shape index (κ3) is 2.88. The number of amides is 1. The molecule has 1 aliphatic carbocycles. The van der Waals surface area contributed by atoms with Crippen molar-refractivity contribution in [2.24, 2.45) is 5.92 Å². The Labute approximate surface area is 121 Å². The van der Waals surface area contributed by atoms with Crippen LogP contribution < -0.4 is 10.6 Å². The number of fused-ring (bicyclic) bond motifs is 1. The van der Waals surface area contributed by atoms with Crippen molar-refractivity contribution in [2.75, 3.05) is 6.54 Å². The number of piperidine rings is 1. The van der Waals surface area contributed by atoms with E-state index in [1.165, 1.54) is 11.1 Å². The molecule has 20 heavy (non-hydrogen) atoms. The molecule has 1 heterocycles. The summed E-state index contributed by atoms with van der Waals surface area (Å²) in [6.45, 7) is 3.24. The maximum absolute atomic E-state index is 12.5. The van der Waals surface area contributed by atoms with Gasteiger partial charge in [0, 0.05) is 18.0 Å². The monoisotopic (exact) mass is 272 g/mol. The molecule has 108 valence electrons. The molecule has 0 aromatic heterocycles. The quantitative estimate of drug-likeness (QED) is 0.865. The molecule has 3 heteroatoms. The molecule has 1 aliphatic heterocycles. The molecular weight excluding hydrogens is 248 g/mol. The molecule has 3 unspecified atom stereocenters. The largest absolute Gasteiger partial charge is 0.352 e. The molecule has 1 aromatic rings. The van der Waals surface area contributed by atoms with Crippen molar-refractivity contribution < 1.29 is 4.79 Å². The van der Waals surface area contributed by atoms with E-state index in [-0.39, 0.29) is 11.8 Å². The van der Waals surface area contributed by atoms with E-state index in [9.17, 15) is 4.79 Å². The molecule has 0 bridgehead atoms. The first kappa shape index (κ1) is 13.6. The highest BCUT2D eigenvalue weighted by atomic mass is 16.1. The first-order chi connectivity index (χ1) is 9.74. The Hall–Kier alpha value is -1.35. The van der Waals surface area contributed by atoms with Crippen LogP contribution in [0.25, 0.3) is 0 Å². The Kier molecular flexibility index (Phi) is 4.06. The molecule has 2 aliphatic rings. The Bertz CT molecular complexity index is 486. The fourth-order valence-electron chi connectivity index (χ4n) is 3.46. The topological polar surface area (TPSA) is 41.1 Å². The molecule has 1 saturated heterocycles. The van der Waals surface area contributed by atoms with Gasteiger partial charge in [0.2, 0.25) is 5.91 Å². The van der Waals surface area contributed by atoms with Crippen LogP contribution in [0.1, 0.15) is 37.3 Å². The molecule has 1 fully saturated rings. The van der Waals surface area contributed by atoms with Crippen molar-refractivity contribution in [3.05, 3.63) is 35.4 Å². The summed E-state index contributed by atoms with van der Waals surface area (Å²) in [6, 6.07) is 9.22. The standard InChI is InChI=1S/C17H24N2O/c1-12-16(7-4-10-18-12)19-17(20)15-9-8-13-5-2-3-6-14(13)11-15/h2-3,5-6,12,15-16,18H,4,7-11H2,1H3,(H,19,20). The lowest BCUT2D eigenvalue weighted by Gasteiger charge is -2.33. The third-order valence-corrected chi connectivity index (χ3v) is 4.81. The second kappa shape index (κ2) is 5.96. The molecule has 2 N–H and O–H groups in total. The van der Waals surface area contributed by atoms with Gasteiger partial charge in [-0.1, -0.05) is 24.3 Å². The Morgan fingerprint density at radius 2 is 2.05 bits per heavy atom. The van der Waals surface area contributed by atoms with E-state index < -0.39 is 0 Å². The van der Waals surface area contributed by atoms with Crippen LogP contribution in [-0.2, 0) is 17.6 Å². The molecule has 0 saturated carbocycles. The number of hydrogen-bond donors (Lipinski definition) is 2. The maximum atomic E-state index is 12.5. The number of hydrogen-bond acceptors (Lipinski definition) is 2. The molecule has 3 atom stereocenters. The van der Waals surface area contributed by atoms with Gasteiger partial charge in [-0.15, -0.1) is 0 Å². The Morgan fingerprint density at radius 1 is 1.25 bits per heavy atom. The van der Waals surface area contributed by atoms with E-state index >= 15 is 0 Å². The van der Waals surface area contributed by atoms with Gasteiger partial charge in [0.05, 0.1) is 0 Å². The van der Waals surface area contributed by atoms with Gasteiger partial charge in [-0.05, 0) is 56.7 Å². The summed E-state index contributed by atoms with van der Waals surface area (Å²) in [5, 5.41) is 6.71. The average molecular weight is 272 g/mol. The van der Waals surface area contributed by atoms with Crippen LogP contribution in [0.15, 0.2) is 24.3 Å². The zero-order valence-electron chi connectivity index (χ0n) is 12.2. The van der Waals surface area contributed by atoms with Crippen LogP contribution in [-0.4, -0.2) is 24.5 Å². The summed E-state index contributed by atoms with van der Waals surface area (Å²) < 4.78 is 0. The van der Waals surface area contributed by atoms with Gasteiger partial charge in [-0.3, -0.25) is 4.79 Å². The summed E-state index contributed by atoms with van der Waals surface area (Å²) >= 11 is 0. The molecular formula is C17H24N2O. The van der Waals surface area contributed by atoms with E-state index in [1.807, 2.05) is 0 Å². The first-order valence-corrected chi connectivity index (χ1v) is 7.84. The highest BCUT2D eigenvalue weighted by Gasteiger charge is 2.28. The van der Waals surface area contributed by atoms with Crippen LogP contribution in [0.4, 0.5) is 0 Å². The highest BCUT2D eigenvalue weighted by molar-refractivity contribution is 5.79. The van der Waals surface area contributed by atoms with Crippen LogP contribution in [0, 0.1) is 5.92 Å². The summed E-state index contributed by atoms with van der Waals surface area (Å²) in [5.41, 5.74) is 2.78. The van der Waals surface area contributed by atoms with Gasteiger partial charge >= 0.3 is 0 Å². The number of aryl methyl sites for hydroxylation is 1. The number of rotatable bonds is 2. The number of nitrogens with one attached hydrogen (secondary N) is 2. The Morgan fingerprint density at radius 3 is 2.85 bits per heavy atom. The van der Waals surface area contributed by atoms with Crippen molar-refractivity contribution in [1.82, 2.24) is 10.6 Å². The summed E-state index contributed by atoms with van der Waals surface area (Å²) in [5.74, 6) is 0.402. The van der Waals surface area contributed by atoms with E-state index in [0.29, 0.717) is 12.1 Å². The van der Waals surface area contributed by atoms with E-state index in [0.717, 1.165) is 38.6 Å². The third-order valence-electron chi connectivity index (χ3n) is 4.81. The van der Waals surface area contributed by atoms with E-state index in [2.05, 4.69) is 41.8 Å². The fourth-order valence-corrected chi connectivity index (χ4v) is 3.46. The van der Waals surface area contributed by atoms with Crippen molar-refractivity contribution in [2.45, 2.75) is 51.1 Å². The SMILES string of the molecule is CC1NCCCC1NC(=O)C1CCc2ccccc2C1. The van der Waals surface area contributed by atoms with Gasteiger partial charge in [0.1, 0.15) is 0 Å². The van der Waals surface area contributed by atoms with Crippen LogP contribution >= 0.6 is 0 Å². The van der Waals surface area contributed by atoms with Crippen molar-refractivity contribution in [3.8, 4) is 0 Å². The van der Waals surface area contributed by atoms with Gasteiger partial charge in [-0.2, -0.15) is 0 Å². The second-order valence-electron chi connectivity index (χ2n) is 6.21. The fraction of sp³-hybridized carbons (Fsp3) is 0.588. The Balaban J connectivity index is 1.61. The minimum absolute atomic E-state index is 0.152. The van der Waals surface area contributed by atoms with Crippen LogP contribution in [0.5, 0.6) is 0 Å². The molecule has 3 nitrogen and oxygen atoms in total. The lowest BCUT2D eigenvalue weighted by atomic mass is 9.83. The number of carbonyl (C=O) groups is 1. The smallest absolute Gasteiger partial charge is 0.223 e. The predicted octanol–water partition coefficient (Wildman–Crippen LogP) is 2.05. The lowest BCUT2D eigenvalue weighted by molar-refractivity contribution is -0.126. The highest BCUT2D eigenvalue weighted by Crippen LogP contribution is 2.25. The van der Waals surface area contributed by atoms with Crippen molar-refractivity contribution in [1.29, 1.82) is 0 Å². The maximum Gasteiger partial charge on any atom is 0.223 e. The normalized spacial score (nSPS) is 29.6. The average Bonchev–Trinajstić information content (AvgIpc) is 2.49. The van der Waals surface area contributed by atoms with E-state index in [4.69, 9.17) is 0 Å². The minimum atomic E-state index is 0.152. The van der Waals surface area contributed by atoms with Crippen molar-refractivity contribution >= 4 is 5.91 Å². The number of carbonyl (C=O) groups excluding carboxylic acids is 1. The minimum Gasteiger partial charge on any atom is -0.352 e. The molecule has 0 spiro atoms. The van der Waals surface area contributed by atoms with Crippen LogP contribution in [0.2, 0.25) is 0 Å². The van der Waals surface area contributed by atoms with Crippen LogP contribution in [0.3, 0.4) is 0 Å². The second-order valence-corrected chi connectivity index (χ2v) is 6.21. The molecule has 0 radical (unpaired) electrons. The zero-order chi connectivity index (χ0) is 13.9. The lowest BCUT2D eigenvalue weighted by Crippen LogP contribution is -2.53.